The van der Waals surface area contributed by atoms with E-state index in [4.69, 9.17) is 4.74 Å². The van der Waals surface area contributed by atoms with Crippen LogP contribution in [0.1, 0.15) is 119 Å². The number of ether oxygens (including phenoxy) is 1. The fourth-order valence-electron chi connectivity index (χ4n) is 9.74. The monoisotopic (exact) mass is 486 g/mol. The molecule has 35 heavy (non-hydrogen) atoms. The minimum atomic E-state index is -0.922. The van der Waals surface area contributed by atoms with Crippen molar-refractivity contribution in [2.45, 2.75) is 125 Å². The van der Waals surface area contributed by atoms with Gasteiger partial charge in [-0.3, -0.25) is 4.79 Å². The van der Waals surface area contributed by atoms with Gasteiger partial charge >= 0.3 is 5.97 Å². The first kappa shape index (κ1) is 27.2. The lowest BCUT2D eigenvalue weighted by Gasteiger charge is -2.61. The maximum absolute atomic E-state index is 12.3. The van der Waals surface area contributed by atoms with E-state index in [-0.39, 0.29) is 23.7 Å². The largest absolute Gasteiger partial charge is 0.466 e. The Balaban J connectivity index is 1.50. The van der Waals surface area contributed by atoms with Crippen molar-refractivity contribution in [3.05, 3.63) is 11.6 Å². The molecular formula is C32H54O3. The summed E-state index contributed by atoms with van der Waals surface area (Å²) >= 11 is 0. The lowest BCUT2D eigenvalue weighted by Crippen LogP contribution is -2.57. The molecule has 4 aliphatic carbocycles. The average Bonchev–Trinajstić information content (AvgIpc) is 3.14. The molecule has 3 nitrogen and oxygen atoms in total. The smallest absolute Gasteiger partial charge is 0.308 e. The number of hydrogen-bond donors (Lipinski definition) is 1. The first-order valence-corrected chi connectivity index (χ1v) is 15.0. The van der Waals surface area contributed by atoms with Crippen LogP contribution in [0.4, 0.5) is 0 Å². The Morgan fingerprint density at radius 2 is 1.77 bits per heavy atom. The standard InChI is InChI=1S/C32H54O3/c1-8-35-29(33)20-32(34)19-18-31(7)26(23(32)5)13-12-24-27-15-14-25(22(4)11-9-10-21(2)3)30(27,6)17-16-28(24)31/h12,21-23,25-28,34H,8-11,13-20H2,1-7H3/t22-,23+,25-,26?,27+,28+,30-,31+,32-/m1/s1. The number of rotatable bonds is 8. The van der Waals surface area contributed by atoms with E-state index < -0.39 is 5.60 Å². The summed E-state index contributed by atoms with van der Waals surface area (Å²) in [4.78, 5) is 12.3. The van der Waals surface area contributed by atoms with Crippen LogP contribution in [-0.2, 0) is 9.53 Å². The molecule has 0 aromatic carbocycles. The number of fused-ring (bicyclic) bond motifs is 5. The third-order valence-corrected chi connectivity index (χ3v) is 11.9. The van der Waals surface area contributed by atoms with Gasteiger partial charge in [0.25, 0.3) is 0 Å². The average molecular weight is 487 g/mol. The van der Waals surface area contributed by atoms with E-state index in [9.17, 15) is 9.90 Å². The van der Waals surface area contributed by atoms with Gasteiger partial charge in [-0.05, 0) is 104 Å². The lowest BCUT2D eigenvalue weighted by atomic mass is 9.44. The topological polar surface area (TPSA) is 46.5 Å². The highest BCUT2D eigenvalue weighted by molar-refractivity contribution is 5.70. The van der Waals surface area contributed by atoms with Gasteiger partial charge in [-0.2, -0.15) is 0 Å². The first-order valence-electron chi connectivity index (χ1n) is 15.0. The van der Waals surface area contributed by atoms with Crippen LogP contribution in [0.5, 0.6) is 0 Å². The Kier molecular flexibility index (Phi) is 7.89. The minimum Gasteiger partial charge on any atom is -0.466 e. The van der Waals surface area contributed by atoms with Gasteiger partial charge in [-0.15, -0.1) is 0 Å². The van der Waals surface area contributed by atoms with E-state index in [2.05, 4.69) is 47.6 Å². The number of carbonyl (C=O) groups excluding carboxylic acids is 1. The van der Waals surface area contributed by atoms with Crippen molar-refractivity contribution in [3.8, 4) is 0 Å². The molecule has 0 heterocycles. The summed E-state index contributed by atoms with van der Waals surface area (Å²) < 4.78 is 5.22. The van der Waals surface area contributed by atoms with E-state index in [0.29, 0.717) is 23.9 Å². The number of esters is 1. The predicted molar refractivity (Wildman–Crippen MR) is 144 cm³/mol. The van der Waals surface area contributed by atoms with Crippen LogP contribution < -0.4 is 0 Å². The van der Waals surface area contributed by atoms with Crippen molar-refractivity contribution in [2.24, 2.45) is 52.3 Å². The van der Waals surface area contributed by atoms with E-state index in [0.717, 1.165) is 42.9 Å². The summed E-state index contributed by atoms with van der Waals surface area (Å²) in [5.41, 5.74) is 1.58. The molecule has 0 aromatic rings. The van der Waals surface area contributed by atoms with Gasteiger partial charge in [0.05, 0.1) is 18.6 Å². The van der Waals surface area contributed by atoms with Crippen LogP contribution in [-0.4, -0.2) is 23.3 Å². The zero-order valence-electron chi connectivity index (χ0n) is 23.9. The Morgan fingerprint density at radius 1 is 1.06 bits per heavy atom. The molecule has 1 unspecified atom stereocenters. The Morgan fingerprint density at radius 3 is 2.46 bits per heavy atom. The number of carbonyl (C=O) groups is 1. The molecule has 1 N–H and O–H groups in total. The quantitative estimate of drug-likeness (QED) is 0.280. The zero-order chi connectivity index (χ0) is 25.6. The number of aliphatic hydroxyl groups is 1. The van der Waals surface area contributed by atoms with Gasteiger partial charge in [0, 0.05) is 0 Å². The van der Waals surface area contributed by atoms with Crippen LogP contribution in [0, 0.1) is 52.3 Å². The second-order valence-corrected chi connectivity index (χ2v) is 14.1. The summed E-state index contributed by atoms with van der Waals surface area (Å²) in [5.74, 6) is 4.25. The molecule has 0 radical (unpaired) electrons. The third-order valence-electron chi connectivity index (χ3n) is 11.9. The van der Waals surface area contributed by atoms with Gasteiger partial charge in [0.2, 0.25) is 0 Å². The van der Waals surface area contributed by atoms with Crippen LogP contribution in [0.2, 0.25) is 0 Å². The van der Waals surface area contributed by atoms with Crippen molar-refractivity contribution in [1.82, 2.24) is 0 Å². The van der Waals surface area contributed by atoms with E-state index in [1.807, 2.05) is 6.92 Å². The van der Waals surface area contributed by atoms with Crippen LogP contribution >= 0.6 is 0 Å². The van der Waals surface area contributed by atoms with Crippen molar-refractivity contribution in [1.29, 1.82) is 0 Å². The lowest BCUT2D eigenvalue weighted by molar-refractivity contribution is -0.166. The fraction of sp³-hybridized carbons (Fsp3) is 0.906. The normalized spacial score (nSPS) is 43.7. The minimum absolute atomic E-state index is 0.120. The molecule has 3 fully saturated rings. The van der Waals surface area contributed by atoms with E-state index in [1.165, 1.54) is 44.9 Å². The zero-order valence-corrected chi connectivity index (χ0v) is 23.9. The molecule has 9 atom stereocenters. The number of allylic oxidation sites excluding steroid dienone is 2. The SMILES string of the molecule is CCOC(=O)C[C@]1(O)CC[C@@]2(C)C(CC=C3[C@@H]4CC[C@H]([C@H](C)CCCC(C)C)[C@@]4(C)CC[C@@H]32)[C@@H]1C. The predicted octanol–water partition coefficient (Wildman–Crippen LogP) is 7.96. The first-order chi connectivity index (χ1) is 16.5. The molecule has 0 aliphatic heterocycles. The second kappa shape index (κ2) is 10.1. The molecule has 4 aliphatic rings. The Hall–Kier alpha value is -0.830. The molecule has 3 saturated carbocycles. The maximum Gasteiger partial charge on any atom is 0.308 e. The molecule has 0 spiro atoms. The van der Waals surface area contributed by atoms with Crippen LogP contribution in [0.15, 0.2) is 11.6 Å². The second-order valence-electron chi connectivity index (χ2n) is 14.1. The Bertz CT molecular complexity index is 801. The van der Waals surface area contributed by atoms with Gasteiger partial charge in [-0.25, -0.2) is 0 Å². The number of hydrogen-bond acceptors (Lipinski definition) is 3. The molecule has 0 saturated heterocycles. The van der Waals surface area contributed by atoms with Gasteiger partial charge in [-0.1, -0.05) is 72.5 Å². The molecule has 200 valence electrons. The molecular weight excluding hydrogens is 432 g/mol. The van der Waals surface area contributed by atoms with Gasteiger partial charge in [0.1, 0.15) is 0 Å². The summed E-state index contributed by atoms with van der Waals surface area (Å²) in [6.45, 7) is 16.9. The van der Waals surface area contributed by atoms with Crippen LogP contribution in [0.3, 0.4) is 0 Å². The van der Waals surface area contributed by atoms with Crippen molar-refractivity contribution < 1.29 is 14.6 Å². The summed E-state index contributed by atoms with van der Waals surface area (Å²) in [5, 5.41) is 11.6. The fourth-order valence-corrected chi connectivity index (χ4v) is 9.74. The van der Waals surface area contributed by atoms with Gasteiger partial charge in [0.15, 0.2) is 0 Å². The molecule has 0 bridgehead atoms. The highest BCUT2D eigenvalue weighted by Crippen LogP contribution is 2.68. The van der Waals surface area contributed by atoms with E-state index in [1.54, 1.807) is 5.57 Å². The highest BCUT2D eigenvalue weighted by atomic mass is 16.5. The Labute approximate surface area is 215 Å². The van der Waals surface area contributed by atoms with E-state index >= 15 is 0 Å². The summed E-state index contributed by atoms with van der Waals surface area (Å²) in [6, 6.07) is 0. The third kappa shape index (κ3) is 4.77. The molecule has 0 aromatic heterocycles. The van der Waals surface area contributed by atoms with Crippen LogP contribution in [0.25, 0.3) is 0 Å². The maximum atomic E-state index is 12.3. The molecule has 4 rings (SSSR count). The molecule has 0 amide bonds. The summed E-state index contributed by atoms with van der Waals surface area (Å²) in [6.07, 6.45) is 15.2. The van der Waals surface area contributed by atoms with Gasteiger partial charge < -0.3 is 9.84 Å². The highest BCUT2D eigenvalue weighted by Gasteiger charge is 2.61. The van der Waals surface area contributed by atoms with Crippen molar-refractivity contribution >= 4 is 5.97 Å². The van der Waals surface area contributed by atoms with Crippen molar-refractivity contribution in [2.75, 3.05) is 6.61 Å². The summed E-state index contributed by atoms with van der Waals surface area (Å²) in [7, 11) is 0. The van der Waals surface area contributed by atoms with Crippen molar-refractivity contribution in [3.63, 3.8) is 0 Å². The molecule has 3 heteroatoms.